The number of nitrogens with one attached hydrogen (secondary N) is 1. The lowest BCUT2D eigenvalue weighted by Gasteiger charge is -2.16. The van der Waals surface area contributed by atoms with E-state index in [0.717, 1.165) is 0 Å². The van der Waals surface area contributed by atoms with Crippen LogP contribution in [0.5, 0.6) is 0 Å². The van der Waals surface area contributed by atoms with Gasteiger partial charge in [-0.1, -0.05) is 30.3 Å². The van der Waals surface area contributed by atoms with Crippen molar-refractivity contribution < 1.29 is 18.3 Å². The molecule has 2 aromatic rings. The highest BCUT2D eigenvalue weighted by Gasteiger charge is 2.13. The Bertz CT molecular complexity index is 661. The lowest BCUT2D eigenvalue weighted by Crippen LogP contribution is -2.29. The summed E-state index contributed by atoms with van der Waals surface area (Å²) >= 11 is 0. The van der Waals surface area contributed by atoms with E-state index in [1.807, 2.05) is 0 Å². The maximum absolute atomic E-state index is 13.5. The SMILES string of the molecule is CO[C@@H](CNC(=O)CCc1ccccc1F)c1cccc(F)c1. The molecule has 0 saturated heterocycles. The van der Waals surface area contributed by atoms with E-state index in [4.69, 9.17) is 4.74 Å². The molecular weight excluding hydrogens is 300 g/mol. The van der Waals surface area contributed by atoms with Crippen LogP contribution in [0.4, 0.5) is 8.78 Å². The predicted molar refractivity (Wildman–Crippen MR) is 83.9 cm³/mol. The highest BCUT2D eigenvalue weighted by atomic mass is 19.1. The molecule has 1 atom stereocenters. The molecule has 0 bridgehead atoms. The van der Waals surface area contributed by atoms with Crippen LogP contribution in [-0.2, 0) is 16.0 Å². The van der Waals surface area contributed by atoms with Gasteiger partial charge in [-0.3, -0.25) is 4.79 Å². The molecular formula is C18H19F2NO2. The molecule has 122 valence electrons. The zero-order valence-corrected chi connectivity index (χ0v) is 12.9. The van der Waals surface area contributed by atoms with E-state index in [9.17, 15) is 13.6 Å². The number of ether oxygens (including phenoxy) is 1. The van der Waals surface area contributed by atoms with Gasteiger partial charge < -0.3 is 10.1 Å². The average molecular weight is 319 g/mol. The number of carbonyl (C=O) groups is 1. The van der Waals surface area contributed by atoms with Crippen molar-refractivity contribution in [3.8, 4) is 0 Å². The van der Waals surface area contributed by atoms with E-state index in [2.05, 4.69) is 5.32 Å². The second kappa shape index (κ2) is 8.39. The fourth-order valence-electron chi connectivity index (χ4n) is 2.29. The van der Waals surface area contributed by atoms with Crippen molar-refractivity contribution in [2.24, 2.45) is 0 Å². The molecule has 2 rings (SSSR count). The van der Waals surface area contributed by atoms with Gasteiger partial charge in [-0.05, 0) is 35.7 Å². The van der Waals surface area contributed by atoms with Crippen molar-refractivity contribution in [2.75, 3.05) is 13.7 Å². The van der Waals surface area contributed by atoms with E-state index < -0.39 is 6.10 Å². The van der Waals surface area contributed by atoms with Crippen molar-refractivity contribution in [1.29, 1.82) is 0 Å². The number of rotatable bonds is 7. The van der Waals surface area contributed by atoms with Crippen LogP contribution in [0.3, 0.4) is 0 Å². The van der Waals surface area contributed by atoms with Gasteiger partial charge in [-0.15, -0.1) is 0 Å². The lowest BCUT2D eigenvalue weighted by atomic mass is 10.1. The number of amides is 1. The monoisotopic (exact) mass is 319 g/mol. The van der Waals surface area contributed by atoms with Gasteiger partial charge in [-0.25, -0.2) is 8.78 Å². The van der Waals surface area contributed by atoms with E-state index >= 15 is 0 Å². The number of carbonyl (C=O) groups excluding carboxylic acids is 1. The summed E-state index contributed by atoms with van der Waals surface area (Å²) in [4.78, 5) is 11.9. The Morgan fingerprint density at radius 2 is 1.96 bits per heavy atom. The molecule has 0 aliphatic heterocycles. The molecule has 0 aliphatic rings. The maximum Gasteiger partial charge on any atom is 0.220 e. The minimum absolute atomic E-state index is 0.181. The van der Waals surface area contributed by atoms with Crippen molar-refractivity contribution in [3.63, 3.8) is 0 Å². The van der Waals surface area contributed by atoms with Crippen molar-refractivity contribution in [2.45, 2.75) is 18.9 Å². The summed E-state index contributed by atoms with van der Waals surface area (Å²) in [7, 11) is 1.50. The zero-order valence-electron chi connectivity index (χ0n) is 12.9. The number of hydrogen-bond acceptors (Lipinski definition) is 2. The smallest absolute Gasteiger partial charge is 0.220 e. The zero-order chi connectivity index (χ0) is 16.7. The van der Waals surface area contributed by atoms with E-state index in [1.54, 1.807) is 30.3 Å². The van der Waals surface area contributed by atoms with Gasteiger partial charge in [-0.2, -0.15) is 0 Å². The van der Waals surface area contributed by atoms with Crippen LogP contribution in [0.2, 0.25) is 0 Å². The van der Waals surface area contributed by atoms with Crippen LogP contribution >= 0.6 is 0 Å². The van der Waals surface area contributed by atoms with Gasteiger partial charge in [0.2, 0.25) is 5.91 Å². The third-order valence-corrected chi connectivity index (χ3v) is 3.57. The summed E-state index contributed by atoms with van der Waals surface area (Å²) in [5.41, 5.74) is 1.16. The minimum atomic E-state index is -0.428. The molecule has 0 unspecified atom stereocenters. The third kappa shape index (κ3) is 5.14. The van der Waals surface area contributed by atoms with Gasteiger partial charge >= 0.3 is 0 Å². The van der Waals surface area contributed by atoms with Crippen molar-refractivity contribution >= 4 is 5.91 Å². The number of halogens is 2. The molecule has 0 aromatic heterocycles. The van der Waals surface area contributed by atoms with Gasteiger partial charge in [0.25, 0.3) is 0 Å². The Morgan fingerprint density at radius 3 is 2.65 bits per heavy atom. The quantitative estimate of drug-likeness (QED) is 0.849. The average Bonchev–Trinajstić information content (AvgIpc) is 2.55. The highest BCUT2D eigenvalue weighted by Crippen LogP contribution is 2.17. The molecule has 3 nitrogen and oxygen atoms in total. The third-order valence-electron chi connectivity index (χ3n) is 3.57. The first-order valence-electron chi connectivity index (χ1n) is 7.38. The number of methoxy groups -OCH3 is 1. The largest absolute Gasteiger partial charge is 0.375 e. The molecule has 5 heteroatoms. The summed E-state index contributed by atoms with van der Waals surface area (Å²) in [6.45, 7) is 0.232. The lowest BCUT2D eigenvalue weighted by molar-refractivity contribution is -0.121. The molecule has 2 aromatic carbocycles. The number of aryl methyl sites for hydroxylation is 1. The first-order chi connectivity index (χ1) is 11.1. The second-order valence-electron chi connectivity index (χ2n) is 5.17. The molecule has 0 saturated carbocycles. The van der Waals surface area contributed by atoms with E-state index in [-0.39, 0.29) is 30.5 Å². The first kappa shape index (κ1) is 17.1. The molecule has 0 spiro atoms. The van der Waals surface area contributed by atoms with Crippen LogP contribution in [0.1, 0.15) is 23.7 Å². The first-order valence-corrected chi connectivity index (χ1v) is 7.38. The van der Waals surface area contributed by atoms with Gasteiger partial charge in [0.15, 0.2) is 0 Å². The molecule has 1 N–H and O–H groups in total. The Hall–Kier alpha value is -2.27. The number of hydrogen-bond donors (Lipinski definition) is 1. The van der Waals surface area contributed by atoms with Gasteiger partial charge in [0.1, 0.15) is 11.6 Å². The van der Waals surface area contributed by atoms with E-state index in [0.29, 0.717) is 17.5 Å². The van der Waals surface area contributed by atoms with Crippen molar-refractivity contribution in [3.05, 3.63) is 71.3 Å². The predicted octanol–water partition coefficient (Wildman–Crippen LogP) is 3.40. The molecule has 0 aliphatic carbocycles. The normalized spacial score (nSPS) is 12.0. The van der Waals surface area contributed by atoms with Crippen LogP contribution in [0, 0.1) is 11.6 Å². The van der Waals surface area contributed by atoms with Gasteiger partial charge in [0, 0.05) is 20.1 Å². The summed E-state index contributed by atoms with van der Waals surface area (Å²) < 4.78 is 32.0. The summed E-state index contributed by atoms with van der Waals surface area (Å²) in [5, 5.41) is 2.73. The summed E-state index contributed by atoms with van der Waals surface area (Å²) in [6.07, 6.45) is 0.0829. The summed E-state index contributed by atoms with van der Waals surface area (Å²) in [5.74, 6) is -0.864. The molecule has 0 heterocycles. The van der Waals surface area contributed by atoms with Crippen molar-refractivity contribution in [1.82, 2.24) is 5.32 Å². The fraction of sp³-hybridized carbons (Fsp3) is 0.278. The van der Waals surface area contributed by atoms with Crippen LogP contribution in [0.15, 0.2) is 48.5 Å². The Balaban J connectivity index is 1.84. The Labute approximate surface area is 134 Å². The van der Waals surface area contributed by atoms with Gasteiger partial charge in [0.05, 0.1) is 6.10 Å². The fourth-order valence-corrected chi connectivity index (χ4v) is 2.29. The Kier molecular flexibility index (Phi) is 6.23. The maximum atomic E-state index is 13.5. The molecule has 0 radical (unpaired) electrons. The second-order valence-corrected chi connectivity index (χ2v) is 5.17. The van der Waals surface area contributed by atoms with Crippen LogP contribution in [0.25, 0.3) is 0 Å². The topological polar surface area (TPSA) is 38.3 Å². The summed E-state index contributed by atoms with van der Waals surface area (Å²) in [6, 6.07) is 12.4. The molecule has 1 amide bonds. The number of benzene rings is 2. The highest BCUT2D eigenvalue weighted by molar-refractivity contribution is 5.76. The standard InChI is InChI=1S/C18H19F2NO2/c1-23-17(14-6-4-7-15(19)11-14)12-21-18(22)10-9-13-5-2-3-8-16(13)20/h2-8,11,17H,9-10,12H2,1H3,(H,21,22)/t17-/m0/s1. The Morgan fingerprint density at radius 1 is 1.17 bits per heavy atom. The minimum Gasteiger partial charge on any atom is -0.375 e. The van der Waals surface area contributed by atoms with Crippen LogP contribution in [-0.4, -0.2) is 19.6 Å². The van der Waals surface area contributed by atoms with E-state index in [1.165, 1.54) is 25.3 Å². The molecule has 0 fully saturated rings. The molecule has 23 heavy (non-hydrogen) atoms. The van der Waals surface area contributed by atoms with Crippen LogP contribution < -0.4 is 5.32 Å².